The molecule has 2 aromatic rings. The molecule has 0 radical (unpaired) electrons. The summed E-state index contributed by atoms with van der Waals surface area (Å²) in [4.78, 5) is 12.2. The summed E-state index contributed by atoms with van der Waals surface area (Å²) in [5, 5.41) is 0. The van der Waals surface area contributed by atoms with Crippen molar-refractivity contribution in [2.75, 3.05) is 12.9 Å². The zero-order chi connectivity index (χ0) is 17.3. The number of carbonyl (C=O) groups excluding carboxylic acids is 1. The van der Waals surface area contributed by atoms with Crippen LogP contribution in [0.3, 0.4) is 0 Å². The van der Waals surface area contributed by atoms with Crippen molar-refractivity contribution < 1.29 is 22.3 Å². The maximum Gasteiger partial charge on any atom is 0.334 e. The zero-order valence-corrected chi connectivity index (χ0v) is 13.8. The highest BCUT2D eigenvalue weighted by Crippen LogP contribution is 2.32. The van der Waals surface area contributed by atoms with Gasteiger partial charge < -0.3 is 4.74 Å². The van der Waals surface area contributed by atoms with E-state index >= 15 is 0 Å². The molecule has 24 heavy (non-hydrogen) atoms. The topological polar surface area (TPSA) is 60.4 Å². The van der Waals surface area contributed by atoms with Gasteiger partial charge in [-0.2, -0.15) is 0 Å². The van der Waals surface area contributed by atoms with Crippen molar-refractivity contribution in [1.29, 1.82) is 0 Å². The predicted octanol–water partition coefficient (Wildman–Crippen LogP) is 2.98. The van der Waals surface area contributed by atoms with Crippen LogP contribution >= 0.6 is 0 Å². The molecule has 0 amide bonds. The zero-order valence-electron chi connectivity index (χ0n) is 13.0. The number of cyclic esters (lactones) is 1. The predicted molar refractivity (Wildman–Crippen MR) is 87.5 cm³/mol. The fourth-order valence-corrected chi connectivity index (χ4v) is 3.29. The molecule has 0 atom stereocenters. The van der Waals surface area contributed by atoms with E-state index in [1.165, 1.54) is 24.3 Å². The van der Waals surface area contributed by atoms with Gasteiger partial charge in [0, 0.05) is 18.2 Å². The second-order valence-corrected chi connectivity index (χ2v) is 7.56. The van der Waals surface area contributed by atoms with Crippen LogP contribution < -0.4 is 0 Å². The SMILES string of the molecule is CS(=O)(=O)c1ccc(C(=C2CCOC2=O)c2ccc(F)cc2)cc1. The third kappa shape index (κ3) is 3.23. The molecule has 1 aliphatic rings. The molecule has 4 nitrogen and oxygen atoms in total. The number of hydrogen-bond acceptors (Lipinski definition) is 4. The summed E-state index contributed by atoms with van der Waals surface area (Å²) in [6, 6.07) is 12.1. The average Bonchev–Trinajstić information content (AvgIpc) is 2.95. The van der Waals surface area contributed by atoms with Gasteiger partial charge in [0.15, 0.2) is 9.84 Å². The van der Waals surface area contributed by atoms with Crippen LogP contribution in [0.25, 0.3) is 5.57 Å². The number of hydrogen-bond donors (Lipinski definition) is 0. The molecule has 2 aromatic carbocycles. The molecule has 1 heterocycles. The Hall–Kier alpha value is -2.47. The molecule has 0 bridgehead atoms. The van der Waals surface area contributed by atoms with E-state index in [1.54, 1.807) is 24.3 Å². The van der Waals surface area contributed by atoms with Gasteiger partial charge in [-0.05, 0) is 41.0 Å². The Morgan fingerprint density at radius 2 is 1.54 bits per heavy atom. The van der Waals surface area contributed by atoms with Gasteiger partial charge in [0.1, 0.15) is 5.82 Å². The maximum absolute atomic E-state index is 13.2. The molecule has 6 heteroatoms. The highest BCUT2D eigenvalue weighted by Gasteiger charge is 2.25. The van der Waals surface area contributed by atoms with Gasteiger partial charge in [-0.1, -0.05) is 24.3 Å². The first-order valence-electron chi connectivity index (χ1n) is 7.33. The minimum atomic E-state index is -3.30. The van der Waals surface area contributed by atoms with Crippen molar-refractivity contribution in [3.63, 3.8) is 0 Å². The molecule has 124 valence electrons. The van der Waals surface area contributed by atoms with Crippen LogP contribution in [0, 0.1) is 5.82 Å². The number of halogens is 1. The Labute approximate surface area is 139 Å². The third-order valence-electron chi connectivity index (χ3n) is 3.84. The highest BCUT2D eigenvalue weighted by molar-refractivity contribution is 7.90. The Bertz CT molecular complexity index is 910. The van der Waals surface area contributed by atoms with E-state index in [2.05, 4.69) is 0 Å². The first kappa shape index (κ1) is 16.4. The van der Waals surface area contributed by atoms with E-state index in [0.29, 0.717) is 35.3 Å². The highest BCUT2D eigenvalue weighted by atomic mass is 32.2. The van der Waals surface area contributed by atoms with Gasteiger partial charge >= 0.3 is 5.97 Å². The number of esters is 1. The standard InChI is InChI=1S/C18H15FO4S/c1-24(21,22)15-8-4-13(5-9-15)17(16-10-11-23-18(16)20)12-2-6-14(19)7-3-12/h2-9H,10-11H2,1H3. The fraction of sp³-hybridized carbons (Fsp3) is 0.167. The van der Waals surface area contributed by atoms with Crippen LogP contribution in [0.2, 0.25) is 0 Å². The lowest BCUT2D eigenvalue weighted by Crippen LogP contribution is -2.02. The van der Waals surface area contributed by atoms with E-state index < -0.39 is 15.8 Å². The minimum absolute atomic E-state index is 0.198. The molecular formula is C18H15FO4S. The molecule has 1 saturated heterocycles. The maximum atomic E-state index is 13.2. The third-order valence-corrected chi connectivity index (χ3v) is 4.97. The molecule has 0 spiro atoms. The monoisotopic (exact) mass is 346 g/mol. The van der Waals surface area contributed by atoms with Gasteiger partial charge in [-0.3, -0.25) is 0 Å². The van der Waals surface area contributed by atoms with Gasteiger partial charge in [0.25, 0.3) is 0 Å². The van der Waals surface area contributed by atoms with Crippen molar-refractivity contribution in [1.82, 2.24) is 0 Å². The molecule has 0 aliphatic carbocycles. The first-order valence-corrected chi connectivity index (χ1v) is 9.22. The number of ether oxygens (including phenoxy) is 1. The summed E-state index contributed by atoms with van der Waals surface area (Å²) < 4.78 is 41.4. The van der Waals surface area contributed by atoms with Crippen molar-refractivity contribution in [3.05, 3.63) is 71.0 Å². The first-order chi connectivity index (χ1) is 11.4. The van der Waals surface area contributed by atoms with Crippen LogP contribution in [-0.4, -0.2) is 27.2 Å². The molecular weight excluding hydrogens is 331 g/mol. The van der Waals surface area contributed by atoms with Crippen LogP contribution in [0.4, 0.5) is 4.39 Å². The Balaban J connectivity index is 2.16. The molecule has 0 N–H and O–H groups in total. The average molecular weight is 346 g/mol. The minimum Gasteiger partial charge on any atom is -0.462 e. The van der Waals surface area contributed by atoms with Crippen molar-refractivity contribution in [2.45, 2.75) is 11.3 Å². The van der Waals surface area contributed by atoms with Crippen molar-refractivity contribution >= 4 is 21.4 Å². The summed E-state index contributed by atoms with van der Waals surface area (Å²) in [6.45, 7) is 0.306. The number of carbonyl (C=O) groups is 1. The number of benzene rings is 2. The lowest BCUT2D eigenvalue weighted by molar-refractivity contribution is -0.135. The molecule has 1 fully saturated rings. The summed E-state index contributed by atoms with van der Waals surface area (Å²) in [5.41, 5.74) is 2.51. The quantitative estimate of drug-likeness (QED) is 0.633. The molecule has 0 aromatic heterocycles. The van der Waals surface area contributed by atoms with Crippen LogP contribution in [0.1, 0.15) is 17.5 Å². The smallest absolute Gasteiger partial charge is 0.334 e. The van der Waals surface area contributed by atoms with Gasteiger partial charge in [0.05, 0.1) is 11.5 Å². The van der Waals surface area contributed by atoms with Crippen molar-refractivity contribution in [2.24, 2.45) is 0 Å². The second-order valence-electron chi connectivity index (χ2n) is 5.54. The summed E-state index contributed by atoms with van der Waals surface area (Å²) in [6.07, 6.45) is 1.59. The van der Waals surface area contributed by atoms with E-state index in [1.807, 2.05) is 0 Å². The normalized spacial score (nSPS) is 16.8. The summed E-state index contributed by atoms with van der Waals surface area (Å²) in [5.74, 6) is -0.772. The Morgan fingerprint density at radius 1 is 1.00 bits per heavy atom. The molecule has 3 rings (SSSR count). The van der Waals surface area contributed by atoms with Crippen LogP contribution in [0.5, 0.6) is 0 Å². The van der Waals surface area contributed by atoms with E-state index in [9.17, 15) is 17.6 Å². The van der Waals surface area contributed by atoms with Gasteiger partial charge in [0.2, 0.25) is 0 Å². The van der Waals surface area contributed by atoms with E-state index in [0.717, 1.165) is 6.26 Å². The molecule has 0 saturated carbocycles. The Morgan fingerprint density at radius 3 is 2.00 bits per heavy atom. The summed E-state index contributed by atoms with van der Waals surface area (Å²) in [7, 11) is -3.30. The molecule has 1 aliphatic heterocycles. The molecule has 0 unspecified atom stereocenters. The van der Waals surface area contributed by atoms with E-state index in [4.69, 9.17) is 4.74 Å². The fourth-order valence-electron chi connectivity index (χ4n) is 2.66. The Kier molecular flexibility index (Phi) is 4.24. The largest absolute Gasteiger partial charge is 0.462 e. The number of sulfone groups is 1. The van der Waals surface area contributed by atoms with Gasteiger partial charge in [-0.25, -0.2) is 17.6 Å². The lowest BCUT2D eigenvalue weighted by Gasteiger charge is -2.11. The van der Waals surface area contributed by atoms with Gasteiger partial charge in [-0.15, -0.1) is 0 Å². The van der Waals surface area contributed by atoms with E-state index in [-0.39, 0.29) is 10.7 Å². The lowest BCUT2D eigenvalue weighted by atomic mass is 9.92. The summed E-state index contributed by atoms with van der Waals surface area (Å²) >= 11 is 0. The van der Waals surface area contributed by atoms with Crippen molar-refractivity contribution in [3.8, 4) is 0 Å². The van der Waals surface area contributed by atoms with Crippen LogP contribution in [0.15, 0.2) is 59.0 Å². The number of rotatable bonds is 3. The van der Waals surface area contributed by atoms with Crippen LogP contribution in [-0.2, 0) is 19.4 Å². The second kappa shape index (κ2) is 6.20.